The predicted octanol–water partition coefficient (Wildman–Crippen LogP) is 3.81. The lowest BCUT2D eigenvalue weighted by atomic mass is 10.1. The smallest absolute Gasteiger partial charge is 0.301 e. The number of nitrogens with one attached hydrogen (secondary N) is 3. The van der Waals surface area contributed by atoms with Gasteiger partial charge in [0.2, 0.25) is 0 Å². The van der Waals surface area contributed by atoms with Gasteiger partial charge in [0.15, 0.2) is 0 Å². The highest BCUT2D eigenvalue weighted by molar-refractivity contribution is 7.91. The van der Waals surface area contributed by atoms with Crippen LogP contribution in [0, 0.1) is 6.92 Å². The molecule has 1 aliphatic rings. The Hall–Kier alpha value is -3.40. The second kappa shape index (κ2) is 9.22. The van der Waals surface area contributed by atoms with Gasteiger partial charge in [0.1, 0.15) is 0 Å². The summed E-state index contributed by atoms with van der Waals surface area (Å²) in [6.45, 7) is 2.56. The van der Waals surface area contributed by atoms with Crippen LogP contribution in [0.15, 0.2) is 66.7 Å². The summed E-state index contributed by atoms with van der Waals surface area (Å²) in [7, 11) is -3.53. The quantitative estimate of drug-likeness (QED) is 0.511. The van der Waals surface area contributed by atoms with Crippen molar-refractivity contribution >= 4 is 50.7 Å². The zero-order valence-corrected chi connectivity index (χ0v) is 19.2. The number of hydrogen-bond acceptors (Lipinski definition) is 4. The van der Waals surface area contributed by atoms with Crippen LogP contribution < -0.4 is 19.7 Å². The minimum atomic E-state index is -3.53. The van der Waals surface area contributed by atoms with Gasteiger partial charge in [-0.3, -0.25) is 13.9 Å². The van der Waals surface area contributed by atoms with Crippen LogP contribution in [0.2, 0.25) is 5.02 Å². The summed E-state index contributed by atoms with van der Waals surface area (Å²) in [6, 6.07) is 18.2. The number of halogens is 1. The Labute approximate surface area is 196 Å². The molecule has 0 atom stereocenters. The van der Waals surface area contributed by atoms with Crippen LogP contribution in [0.1, 0.15) is 26.3 Å². The molecule has 8 nitrogen and oxygen atoms in total. The third-order valence-electron chi connectivity index (χ3n) is 5.06. The van der Waals surface area contributed by atoms with Crippen LogP contribution in [0.3, 0.4) is 0 Å². The summed E-state index contributed by atoms with van der Waals surface area (Å²) >= 11 is 6.23. The van der Waals surface area contributed by atoms with Crippen LogP contribution >= 0.6 is 11.6 Å². The van der Waals surface area contributed by atoms with Gasteiger partial charge in [0, 0.05) is 29.9 Å². The van der Waals surface area contributed by atoms with Crippen molar-refractivity contribution in [2.45, 2.75) is 6.92 Å². The number of rotatable bonds is 5. The van der Waals surface area contributed by atoms with Crippen LogP contribution in [0.4, 0.5) is 17.1 Å². The first kappa shape index (κ1) is 22.8. The molecule has 0 aliphatic carbocycles. The fraction of sp³-hybridized carbons (Fsp3) is 0.130. The molecule has 0 bridgehead atoms. The highest BCUT2D eigenvalue weighted by atomic mass is 35.5. The summed E-state index contributed by atoms with van der Waals surface area (Å²) in [5.41, 5.74) is 3.09. The van der Waals surface area contributed by atoms with E-state index in [9.17, 15) is 18.0 Å². The zero-order valence-electron chi connectivity index (χ0n) is 17.6. The van der Waals surface area contributed by atoms with Gasteiger partial charge in [0.25, 0.3) is 11.8 Å². The zero-order chi connectivity index (χ0) is 23.6. The average Bonchev–Trinajstić information content (AvgIpc) is 3.15. The van der Waals surface area contributed by atoms with Gasteiger partial charge in [-0.25, -0.2) is 0 Å². The van der Waals surface area contributed by atoms with Gasteiger partial charge >= 0.3 is 10.2 Å². The lowest BCUT2D eigenvalue weighted by Crippen LogP contribution is -2.29. The molecule has 0 radical (unpaired) electrons. The van der Waals surface area contributed by atoms with Crippen LogP contribution in [-0.2, 0) is 10.2 Å². The van der Waals surface area contributed by atoms with Gasteiger partial charge in [-0.2, -0.15) is 13.1 Å². The Morgan fingerprint density at radius 2 is 1.67 bits per heavy atom. The number of benzene rings is 3. The molecule has 3 N–H and O–H groups in total. The van der Waals surface area contributed by atoms with E-state index in [1.165, 1.54) is 4.31 Å². The van der Waals surface area contributed by atoms with E-state index in [0.29, 0.717) is 46.3 Å². The number of anilines is 3. The van der Waals surface area contributed by atoms with Gasteiger partial charge in [-0.05, 0) is 61.5 Å². The van der Waals surface area contributed by atoms with Gasteiger partial charge < -0.3 is 10.6 Å². The first-order valence-corrected chi connectivity index (χ1v) is 11.9. The Morgan fingerprint density at radius 3 is 2.33 bits per heavy atom. The summed E-state index contributed by atoms with van der Waals surface area (Å²) in [5.74, 6) is -0.701. The molecular weight excluding hydrogens is 464 g/mol. The Bertz CT molecular complexity index is 1330. The average molecular weight is 485 g/mol. The molecular formula is C23H21ClN4O4S. The van der Waals surface area contributed by atoms with Gasteiger partial charge in [-0.1, -0.05) is 29.3 Å². The molecule has 3 aromatic carbocycles. The maximum Gasteiger partial charge on any atom is 0.301 e. The molecule has 0 spiro atoms. The minimum absolute atomic E-state index is 0.314. The molecule has 1 heterocycles. The van der Waals surface area contributed by atoms with E-state index in [0.717, 1.165) is 5.56 Å². The van der Waals surface area contributed by atoms with E-state index in [4.69, 9.17) is 11.6 Å². The standard InChI is InChI=1S/C23H21ClN4O4S/c1-15-3-2-4-17(13-15)23(30)27-21-14-18(7-10-20(21)24)26-22(29)16-5-8-19(9-6-16)28-12-11-25-33(28,31)32/h2-10,13-14,25H,11-12H2,1H3,(H,26,29)(H,27,30). The van der Waals surface area contributed by atoms with E-state index in [1.54, 1.807) is 60.7 Å². The van der Waals surface area contributed by atoms with Crippen molar-refractivity contribution in [1.29, 1.82) is 0 Å². The second-order valence-electron chi connectivity index (χ2n) is 7.49. The highest BCUT2D eigenvalue weighted by Crippen LogP contribution is 2.27. The first-order chi connectivity index (χ1) is 15.7. The normalized spacial score (nSPS) is 14.7. The van der Waals surface area contributed by atoms with E-state index < -0.39 is 10.2 Å². The fourth-order valence-electron chi connectivity index (χ4n) is 3.40. The Balaban J connectivity index is 1.47. The van der Waals surface area contributed by atoms with E-state index in [1.807, 2.05) is 13.0 Å². The molecule has 0 aromatic heterocycles. The van der Waals surface area contributed by atoms with Crippen LogP contribution in [0.25, 0.3) is 0 Å². The molecule has 1 saturated heterocycles. The Morgan fingerprint density at radius 1 is 0.939 bits per heavy atom. The van der Waals surface area contributed by atoms with Crippen molar-refractivity contribution in [3.05, 3.63) is 88.4 Å². The molecule has 4 rings (SSSR count). The number of nitrogens with zero attached hydrogens (tertiary/aromatic N) is 1. The van der Waals surface area contributed by atoms with Crippen molar-refractivity contribution in [2.75, 3.05) is 28.0 Å². The molecule has 0 unspecified atom stereocenters. The molecule has 33 heavy (non-hydrogen) atoms. The van der Waals surface area contributed by atoms with Crippen LogP contribution in [-0.4, -0.2) is 33.3 Å². The third kappa shape index (κ3) is 5.16. The molecule has 1 aliphatic heterocycles. The first-order valence-electron chi connectivity index (χ1n) is 10.1. The van der Waals surface area contributed by atoms with E-state index in [2.05, 4.69) is 15.4 Å². The fourth-order valence-corrected chi connectivity index (χ4v) is 4.80. The molecule has 170 valence electrons. The topological polar surface area (TPSA) is 108 Å². The van der Waals surface area contributed by atoms with Crippen molar-refractivity contribution in [3.63, 3.8) is 0 Å². The summed E-state index contributed by atoms with van der Waals surface area (Å²) in [5, 5.41) is 5.86. The predicted molar refractivity (Wildman–Crippen MR) is 129 cm³/mol. The lowest BCUT2D eigenvalue weighted by molar-refractivity contribution is 0.101. The van der Waals surface area contributed by atoms with Gasteiger partial charge in [-0.15, -0.1) is 0 Å². The maximum absolute atomic E-state index is 12.7. The van der Waals surface area contributed by atoms with Crippen molar-refractivity contribution < 1.29 is 18.0 Å². The molecule has 10 heteroatoms. The minimum Gasteiger partial charge on any atom is -0.322 e. The number of carbonyl (C=O) groups excluding carboxylic acids is 2. The number of aryl methyl sites for hydroxylation is 1. The largest absolute Gasteiger partial charge is 0.322 e. The molecule has 0 saturated carbocycles. The van der Waals surface area contributed by atoms with E-state index in [-0.39, 0.29) is 11.8 Å². The maximum atomic E-state index is 12.7. The summed E-state index contributed by atoms with van der Waals surface area (Å²) in [4.78, 5) is 25.2. The van der Waals surface area contributed by atoms with Crippen molar-refractivity contribution in [3.8, 4) is 0 Å². The number of amides is 2. The second-order valence-corrected chi connectivity index (χ2v) is 9.58. The van der Waals surface area contributed by atoms with E-state index >= 15 is 0 Å². The SMILES string of the molecule is Cc1cccc(C(=O)Nc2cc(NC(=O)c3ccc(N4CCNS4(=O)=O)cc3)ccc2Cl)c1. The Kier molecular flexibility index (Phi) is 6.37. The number of hydrogen-bond donors (Lipinski definition) is 3. The molecule has 2 amide bonds. The van der Waals surface area contributed by atoms with Crippen molar-refractivity contribution in [2.24, 2.45) is 0 Å². The molecule has 1 fully saturated rings. The lowest BCUT2D eigenvalue weighted by Gasteiger charge is -2.16. The summed E-state index contributed by atoms with van der Waals surface area (Å²) < 4.78 is 27.6. The van der Waals surface area contributed by atoms with Crippen molar-refractivity contribution in [1.82, 2.24) is 4.72 Å². The highest BCUT2D eigenvalue weighted by Gasteiger charge is 2.27. The molecule has 3 aromatic rings. The summed E-state index contributed by atoms with van der Waals surface area (Å²) in [6.07, 6.45) is 0. The third-order valence-corrected chi connectivity index (χ3v) is 6.93. The van der Waals surface area contributed by atoms with Gasteiger partial charge in [0.05, 0.1) is 16.4 Å². The monoisotopic (exact) mass is 484 g/mol. The van der Waals surface area contributed by atoms with Crippen LogP contribution in [0.5, 0.6) is 0 Å². The number of carbonyl (C=O) groups is 2.